The number of rotatable bonds is 8. The SMILES string of the molecule is N#Cc1cnc2c(Cl)cc(NC(c3cscn3)c3cn(CC[As])nn3)cc2c1Nc1ccc(F)c(Cl)c1. The molecule has 1 unspecified atom stereocenters. The zero-order chi connectivity index (χ0) is 25.9. The number of hydrogen-bond acceptors (Lipinski definition) is 8. The van der Waals surface area contributed by atoms with Crippen LogP contribution in [0.5, 0.6) is 0 Å². The van der Waals surface area contributed by atoms with Gasteiger partial charge >= 0.3 is 167 Å². The first-order chi connectivity index (χ1) is 18.0. The molecule has 0 amide bonds. The van der Waals surface area contributed by atoms with Gasteiger partial charge < -0.3 is 0 Å². The Morgan fingerprint density at radius 2 is 1.97 bits per heavy atom. The molecule has 5 aromatic rings. The molecule has 0 saturated heterocycles. The van der Waals surface area contributed by atoms with E-state index in [-0.39, 0.29) is 16.6 Å². The Bertz CT molecular complexity index is 1620. The number of pyridine rings is 1. The van der Waals surface area contributed by atoms with Crippen LogP contribution in [0.15, 0.2) is 53.6 Å². The molecule has 0 aliphatic rings. The molecule has 8 nitrogen and oxygen atoms in total. The number of benzene rings is 2. The summed E-state index contributed by atoms with van der Waals surface area (Å²) in [7, 11) is 0. The van der Waals surface area contributed by atoms with Gasteiger partial charge in [-0.15, -0.1) is 0 Å². The van der Waals surface area contributed by atoms with Crippen molar-refractivity contribution in [2.75, 3.05) is 10.6 Å². The minimum atomic E-state index is -0.537. The van der Waals surface area contributed by atoms with Gasteiger partial charge in [0.2, 0.25) is 0 Å². The molecular formula is C24H16AsCl2FN8S. The van der Waals surface area contributed by atoms with E-state index in [9.17, 15) is 9.65 Å². The first kappa shape index (κ1) is 25.4. The van der Waals surface area contributed by atoms with Crippen LogP contribution in [0, 0.1) is 17.1 Å². The molecule has 2 aromatic carbocycles. The van der Waals surface area contributed by atoms with E-state index >= 15 is 0 Å². The molecule has 13 heteroatoms. The summed E-state index contributed by atoms with van der Waals surface area (Å²) < 4.78 is 15.5. The van der Waals surface area contributed by atoms with Crippen LogP contribution in [0.2, 0.25) is 15.3 Å². The van der Waals surface area contributed by atoms with Gasteiger partial charge in [-0.25, -0.2) is 4.39 Å². The van der Waals surface area contributed by atoms with Crippen molar-refractivity contribution in [2.24, 2.45) is 0 Å². The number of halogens is 3. The van der Waals surface area contributed by atoms with Crippen LogP contribution >= 0.6 is 34.5 Å². The van der Waals surface area contributed by atoms with Gasteiger partial charge in [-0.3, -0.25) is 0 Å². The van der Waals surface area contributed by atoms with Crippen LogP contribution in [-0.2, 0) is 6.54 Å². The third-order valence-corrected chi connectivity index (χ3v) is 7.08. The number of thiazole rings is 1. The summed E-state index contributed by atoms with van der Waals surface area (Å²) in [6.45, 7) is 0.726. The Kier molecular flexibility index (Phi) is 7.58. The van der Waals surface area contributed by atoms with Gasteiger partial charge in [0.15, 0.2) is 0 Å². The smallest absolute Gasteiger partial charge is 0.205 e. The standard InChI is InChI=1S/C24H16AsCl2FN8S/c25-3-4-36-10-20(34-35-36)24(21-11-37-12-31-21)33-15-5-16-22(32-14-1-2-19(28)17(26)6-14)13(8-29)9-30-23(16)18(27)7-15/h1-2,5-7,9-12,24,33H,3-4H2,(H,30,32). The second-order valence-electron chi connectivity index (χ2n) is 7.89. The maximum absolute atomic E-state index is 13.7. The van der Waals surface area contributed by atoms with Crippen molar-refractivity contribution >= 4 is 79.4 Å². The van der Waals surface area contributed by atoms with E-state index in [1.807, 2.05) is 17.6 Å². The van der Waals surface area contributed by atoms with Crippen molar-refractivity contribution in [2.45, 2.75) is 17.8 Å². The van der Waals surface area contributed by atoms with Gasteiger partial charge in [0, 0.05) is 11.9 Å². The zero-order valence-electron chi connectivity index (χ0n) is 18.9. The Balaban J connectivity index is 1.58. The van der Waals surface area contributed by atoms with Gasteiger partial charge in [0.1, 0.15) is 11.9 Å². The second kappa shape index (κ2) is 11.0. The zero-order valence-corrected chi connectivity index (χ0v) is 23.1. The minimum Gasteiger partial charge on any atom is -0.205 e. The van der Waals surface area contributed by atoms with Gasteiger partial charge in [0.25, 0.3) is 0 Å². The fraction of sp³-hybridized carbons (Fsp3) is 0.125. The second-order valence-corrected chi connectivity index (χ2v) is 10.4. The molecule has 2 N–H and O–H groups in total. The monoisotopic (exact) mass is 612 g/mol. The van der Waals surface area contributed by atoms with Crippen molar-refractivity contribution in [1.29, 1.82) is 5.26 Å². The molecule has 1 atom stereocenters. The predicted octanol–water partition coefficient (Wildman–Crippen LogP) is 6.13. The summed E-state index contributed by atoms with van der Waals surface area (Å²) in [5, 5.41) is 28.7. The van der Waals surface area contributed by atoms with Crippen LogP contribution in [0.25, 0.3) is 10.9 Å². The van der Waals surface area contributed by atoms with Crippen LogP contribution < -0.4 is 10.6 Å². The molecule has 0 bridgehead atoms. The van der Waals surface area contributed by atoms with Crippen molar-refractivity contribution in [3.63, 3.8) is 0 Å². The molecule has 0 fully saturated rings. The van der Waals surface area contributed by atoms with Crippen LogP contribution in [-0.4, -0.2) is 41.8 Å². The summed E-state index contributed by atoms with van der Waals surface area (Å²) in [5.74, 6) is -0.537. The van der Waals surface area contributed by atoms with Crippen molar-refractivity contribution in [1.82, 2.24) is 25.0 Å². The fourth-order valence-electron chi connectivity index (χ4n) is 3.77. The van der Waals surface area contributed by atoms with E-state index in [4.69, 9.17) is 23.2 Å². The van der Waals surface area contributed by atoms with Gasteiger partial charge in [-0.2, -0.15) is 5.26 Å². The van der Waals surface area contributed by atoms with Gasteiger partial charge in [-0.1, -0.05) is 11.6 Å². The molecule has 184 valence electrons. The summed E-state index contributed by atoms with van der Waals surface area (Å²) in [6.07, 6.45) is 3.32. The van der Waals surface area contributed by atoms with Crippen LogP contribution in [0.1, 0.15) is 23.0 Å². The number of aryl methyl sites for hydroxylation is 1. The van der Waals surface area contributed by atoms with Crippen LogP contribution in [0.3, 0.4) is 0 Å². The molecular weight excluding hydrogens is 597 g/mol. The summed E-state index contributed by atoms with van der Waals surface area (Å²) in [6, 6.07) is 9.60. The van der Waals surface area contributed by atoms with Crippen molar-refractivity contribution < 1.29 is 4.39 Å². The first-order valence-corrected chi connectivity index (χ1v) is 13.9. The fourth-order valence-corrected chi connectivity index (χ4v) is 5.23. The average molecular weight is 613 g/mol. The molecule has 3 aromatic heterocycles. The number of anilines is 3. The molecule has 0 aliphatic heterocycles. The van der Waals surface area contributed by atoms with Crippen LogP contribution in [0.4, 0.5) is 21.5 Å². The van der Waals surface area contributed by atoms with Gasteiger partial charge in [-0.05, 0) is 18.2 Å². The third-order valence-electron chi connectivity index (χ3n) is 5.47. The molecule has 3 heterocycles. The van der Waals surface area contributed by atoms with E-state index in [2.05, 4.69) is 53.8 Å². The quantitative estimate of drug-likeness (QED) is 0.203. The molecule has 0 saturated carbocycles. The molecule has 2 radical (unpaired) electrons. The van der Waals surface area contributed by atoms with E-state index < -0.39 is 5.82 Å². The Labute approximate surface area is 234 Å². The summed E-state index contributed by atoms with van der Waals surface area (Å²) in [5.41, 5.74) is 5.67. The van der Waals surface area contributed by atoms with E-state index in [1.54, 1.807) is 16.3 Å². The van der Waals surface area contributed by atoms with E-state index in [0.29, 0.717) is 38.7 Å². The number of nitrogens with zero attached hydrogens (tertiary/aromatic N) is 6. The number of nitriles is 1. The number of hydrogen-bond donors (Lipinski definition) is 2. The molecule has 0 spiro atoms. The van der Waals surface area contributed by atoms with E-state index in [0.717, 1.165) is 17.4 Å². The maximum atomic E-state index is 13.7. The number of aromatic nitrogens is 5. The molecule has 0 aliphatic carbocycles. The topological polar surface area (TPSA) is 104 Å². The van der Waals surface area contributed by atoms with Gasteiger partial charge in [0.05, 0.1) is 5.02 Å². The minimum absolute atomic E-state index is 0.0385. The van der Waals surface area contributed by atoms with E-state index in [1.165, 1.54) is 35.7 Å². The summed E-state index contributed by atoms with van der Waals surface area (Å²) in [4.78, 5) is 8.87. The molecule has 37 heavy (non-hydrogen) atoms. The summed E-state index contributed by atoms with van der Waals surface area (Å²) >= 11 is 16.6. The van der Waals surface area contributed by atoms with Crippen molar-refractivity contribution in [3.8, 4) is 6.07 Å². The Hall–Kier alpha value is -3.22. The number of fused-ring (bicyclic) bond motifs is 1. The third kappa shape index (κ3) is 5.41. The first-order valence-electron chi connectivity index (χ1n) is 10.9. The van der Waals surface area contributed by atoms with Crippen molar-refractivity contribution in [3.05, 3.63) is 86.4 Å². The number of nitrogens with one attached hydrogen (secondary N) is 2. The normalized spacial score (nSPS) is 11.9. The average Bonchev–Trinajstić information content (AvgIpc) is 3.58. The predicted molar refractivity (Wildman–Crippen MR) is 144 cm³/mol. The molecule has 5 rings (SSSR count). The Morgan fingerprint density at radius 1 is 1.14 bits per heavy atom. The Morgan fingerprint density at radius 3 is 2.70 bits per heavy atom.